The first-order chi connectivity index (χ1) is 8.22. The fraction of sp³-hybridized carbons (Fsp3) is 0.462. The molecule has 1 saturated carbocycles. The maximum Gasteiger partial charge on any atom is 0.255 e. The highest BCUT2D eigenvalue weighted by atomic mass is 127. The van der Waals surface area contributed by atoms with Crippen molar-refractivity contribution in [3.8, 4) is 0 Å². The smallest absolute Gasteiger partial charge is 0.255 e. The average molecular weight is 361 g/mol. The second kappa shape index (κ2) is 6.00. The molecule has 1 heterocycles. The number of carbonyl (C=O) groups excluding carboxylic acids is 1. The summed E-state index contributed by atoms with van der Waals surface area (Å²) in [6.07, 6.45) is 6.59. The summed E-state index contributed by atoms with van der Waals surface area (Å²) in [4.78, 5) is 14.4. The number of thiophene rings is 1. The highest BCUT2D eigenvalue weighted by Crippen LogP contribution is 2.26. The Morgan fingerprint density at radius 3 is 2.82 bits per heavy atom. The second-order valence-corrected chi connectivity index (χ2v) is 7.13. The molecule has 92 valence electrons. The molecule has 2 rings (SSSR count). The number of carbonyl (C=O) groups is 1. The van der Waals surface area contributed by atoms with E-state index in [0.29, 0.717) is 12.6 Å². The van der Waals surface area contributed by atoms with Crippen molar-refractivity contribution < 1.29 is 4.79 Å². The Kier molecular flexibility index (Phi) is 4.62. The molecule has 0 aromatic carbocycles. The Bertz CT molecular complexity index is 409. The van der Waals surface area contributed by atoms with E-state index in [-0.39, 0.29) is 5.91 Å². The quantitative estimate of drug-likeness (QED) is 0.588. The van der Waals surface area contributed by atoms with E-state index < -0.39 is 0 Å². The topological polar surface area (TPSA) is 20.3 Å². The molecule has 0 bridgehead atoms. The molecule has 4 heteroatoms. The van der Waals surface area contributed by atoms with Crippen LogP contribution in [0.4, 0.5) is 0 Å². The van der Waals surface area contributed by atoms with Crippen molar-refractivity contribution in [3.05, 3.63) is 32.5 Å². The van der Waals surface area contributed by atoms with Gasteiger partial charge in [-0.2, -0.15) is 0 Å². The maximum atomic E-state index is 12.4. The predicted octanol–water partition coefficient (Wildman–Crippen LogP) is 3.92. The zero-order chi connectivity index (χ0) is 12.3. The van der Waals surface area contributed by atoms with Gasteiger partial charge in [0.05, 0.1) is 8.45 Å². The van der Waals surface area contributed by atoms with Crippen LogP contribution in [0.5, 0.6) is 0 Å². The average Bonchev–Trinajstić information content (AvgIpc) is 2.95. The van der Waals surface area contributed by atoms with Gasteiger partial charge in [-0.1, -0.05) is 18.9 Å². The fourth-order valence-electron chi connectivity index (χ4n) is 2.34. The molecular weight excluding hydrogens is 345 g/mol. The fourth-order valence-corrected chi connectivity index (χ4v) is 3.66. The van der Waals surface area contributed by atoms with E-state index in [1.165, 1.54) is 12.8 Å². The minimum absolute atomic E-state index is 0.163. The molecule has 0 spiro atoms. The van der Waals surface area contributed by atoms with E-state index >= 15 is 0 Å². The number of hydrogen-bond acceptors (Lipinski definition) is 2. The third kappa shape index (κ3) is 3.10. The monoisotopic (exact) mass is 361 g/mol. The van der Waals surface area contributed by atoms with Crippen LogP contribution in [-0.4, -0.2) is 23.4 Å². The first-order valence-corrected chi connectivity index (χ1v) is 7.84. The molecule has 1 aliphatic rings. The molecule has 1 amide bonds. The molecule has 0 saturated heterocycles. The van der Waals surface area contributed by atoms with E-state index in [9.17, 15) is 4.79 Å². The van der Waals surface area contributed by atoms with Crippen LogP contribution in [0.2, 0.25) is 0 Å². The van der Waals surface area contributed by atoms with Gasteiger partial charge in [-0.15, -0.1) is 17.9 Å². The Hall–Kier alpha value is -0.360. The summed E-state index contributed by atoms with van der Waals surface area (Å²) < 4.78 is 1.16. The van der Waals surface area contributed by atoms with Crippen molar-refractivity contribution in [2.24, 2.45) is 0 Å². The van der Waals surface area contributed by atoms with E-state index in [0.717, 1.165) is 21.3 Å². The Morgan fingerprint density at radius 1 is 1.59 bits per heavy atom. The van der Waals surface area contributed by atoms with Crippen LogP contribution in [0.3, 0.4) is 0 Å². The summed E-state index contributed by atoms with van der Waals surface area (Å²) in [6.45, 7) is 4.42. The summed E-state index contributed by atoms with van der Waals surface area (Å²) in [6, 6.07) is 2.39. The van der Waals surface area contributed by atoms with Crippen LogP contribution in [0.1, 0.15) is 36.0 Å². The third-order valence-corrected chi connectivity index (χ3v) is 4.96. The Morgan fingerprint density at radius 2 is 2.29 bits per heavy atom. The van der Waals surface area contributed by atoms with E-state index in [2.05, 4.69) is 29.2 Å². The van der Waals surface area contributed by atoms with Crippen LogP contribution in [-0.2, 0) is 0 Å². The van der Waals surface area contributed by atoms with Crippen LogP contribution in [0, 0.1) is 2.88 Å². The third-order valence-electron chi connectivity index (χ3n) is 3.17. The lowest BCUT2D eigenvalue weighted by atomic mass is 10.1. The molecule has 0 unspecified atom stereocenters. The molecule has 17 heavy (non-hydrogen) atoms. The highest BCUT2D eigenvalue weighted by Gasteiger charge is 2.26. The van der Waals surface area contributed by atoms with Gasteiger partial charge in [0.15, 0.2) is 0 Å². The standard InChI is InChI=1S/C13H16INOS/c1-2-7-15(11-5-3-4-6-11)13(16)10-8-12(14)17-9-10/h2,8-9,11H,1,3-7H2. The van der Waals surface area contributed by atoms with Crippen LogP contribution in [0.15, 0.2) is 24.1 Å². The van der Waals surface area contributed by atoms with Crippen molar-refractivity contribution in [1.82, 2.24) is 4.90 Å². The lowest BCUT2D eigenvalue weighted by molar-refractivity contribution is 0.0707. The number of rotatable bonds is 4. The number of halogens is 1. The van der Waals surface area contributed by atoms with Crippen molar-refractivity contribution >= 4 is 39.8 Å². The Balaban J connectivity index is 2.14. The molecule has 1 fully saturated rings. The molecule has 0 aliphatic heterocycles. The van der Waals surface area contributed by atoms with Crippen LogP contribution >= 0.6 is 33.9 Å². The predicted molar refractivity (Wildman–Crippen MR) is 80.5 cm³/mol. The lowest BCUT2D eigenvalue weighted by Gasteiger charge is -2.27. The van der Waals surface area contributed by atoms with Crippen molar-refractivity contribution in [3.63, 3.8) is 0 Å². The largest absolute Gasteiger partial charge is 0.332 e. The normalized spacial score (nSPS) is 16.1. The lowest BCUT2D eigenvalue weighted by Crippen LogP contribution is -2.38. The molecule has 1 aromatic heterocycles. The molecule has 0 radical (unpaired) electrons. The zero-order valence-corrected chi connectivity index (χ0v) is 12.7. The summed E-state index contributed by atoms with van der Waals surface area (Å²) in [5.41, 5.74) is 0.827. The zero-order valence-electron chi connectivity index (χ0n) is 9.69. The minimum atomic E-state index is 0.163. The SMILES string of the molecule is C=CCN(C(=O)c1csc(I)c1)C1CCCC1. The number of nitrogens with zero attached hydrogens (tertiary/aromatic N) is 1. The summed E-state index contributed by atoms with van der Waals surface area (Å²) in [5, 5.41) is 1.95. The van der Waals surface area contributed by atoms with E-state index in [1.807, 2.05) is 22.4 Å². The van der Waals surface area contributed by atoms with Crippen molar-refractivity contribution in [1.29, 1.82) is 0 Å². The number of hydrogen-bond donors (Lipinski definition) is 0. The summed E-state index contributed by atoms with van der Waals surface area (Å²) in [7, 11) is 0. The molecule has 0 N–H and O–H groups in total. The van der Waals surface area contributed by atoms with Gasteiger partial charge in [0.25, 0.3) is 5.91 Å². The van der Waals surface area contributed by atoms with Gasteiger partial charge >= 0.3 is 0 Å². The van der Waals surface area contributed by atoms with E-state index in [1.54, 1.807) is 11.3 Å². The van der Waals surface area contributed by atoms with Gasteiger partial charge in [-0.25, -0.2) is 0 Å². The van der Waals surface area contributed by atoms with Gasteiger partial charge in [-0.3, -0.25) is 4.79 Å². The van der Waals surface area contributed by atoms with Crippen molar-refractivity contribution in [2.45, 2.75) is 31.7 Å². The summed E-state index contributed by atoms with van der Waals surface area (Å²) in [5.74, 6) is 0.163. The van der Waals surface area contributed by atoms with E-state index in [4.69, 9.17) is 0 Å². The minimum Gasteiger partial charge on any atom is -0.332 e. The first kappa shape index (κ1) is 13.1. The second-order valence-electron chi connectivity index (χ2n) is 4.32. The highest BCUT2D eigenvalue weighted by molar-refractivity contribution is 14.1. The Labute approximate surface area is 120 Å². The van der Waals surface area contributed by atoms with Gasteiger partial charge in [0.2, 0.25) is 0 Å². The number of amides is 1. The maximum absolute atomic E-state index is 12.4. The molecular formula is C13H16INOS. The van der Waals surface area contributed by atoms with Gasteiger partial charge < -0.3 is 4.90 Å². The molecule has 0 atom stereocenters. The van der Waals surface area contributed by atoms with Gasteiger partial charge in [0.1, 0.15) is 0 Å². The van der Waals surface area contributed by atoms with Crippen molar-refractivity contribution in [2.75, 3.05) is 6.54 Å². The molecule has 1 aliphatic carbocycles. The van der Waals surface area contributed by atoms with Crippen LogP contribution < -0.4 is 0 Å². The van der Waals surface area contributed by atoms with Crippen LogP contribution in [0.25, 0.3) is 0 Å². The molecule has 1 aromatic rings. The van der Waals surface area contributed by atoms with Gasteiger partial charge in [0, 0.05) is 18.0 Å². The van der Waals surface area contributed by atoms with Gasteiger partial charge in [-0.05, 0) is 41.5 Å². The summed E-state index contributed by atoms with van der Waals surface area (Å²) >= 11 is 3.88. The molecule has 2 nitrogen and oxygen atoms in total. The first-order valence-electron chi connectivity index (χ1n) is 5.88.